The Morgan fingerprint density at radius 3 is 2.62 bits per heavy atom. The maximum absolute atomic E-state index is 13.6. The highest BCUT2D eigenvalue weighted by atomic mass is 16.5. The van der Waals surface area contributed by atoms with E-state index in [9.17, 15) is 9.59 Å². The van der Waals surface area contributed by atoms with Gasteiger partial charge < -0.3 is 20.4 Å². The quantitative estimate of drug-likeness (QED) is 0.340. The van der Waals surface area contributed by atoms with Gasteiger partial charge in [-0.15, -0.1) is 0 Å². The molecule has 0 saturated carbocycles. The third-order valence-corrected chi connectivity index (χ3v) is 8.12. The van der Waals surface area contributed by atoms with Gasteiger partial charge in [-0.25, -0.2) is 15.0 Å². The largest absolute Gasteiger partial charge is 0.481 e. The third-order valence-electron chi connectivity index (χ3n) is 8.12. The van der Waals surface area contributed by atoms with Crippen molar-refractivity contribution in [3.8, 4) is 17.1 Å². The van der Waals surface area contributed by atoms with E-state index < -0.39 is 5.41 Å². The number of carbonyl (C=O) groups is 2. The van der Waals surface area contributed by atoms with Crippen LogP contribution in [-0.4, -0.2) is 38.3 Å². The van der Waals surface area contributed by atoms with Crippen LogP contribution in [0.2, 0.25) is 0 Å². The fourth-order valence-electron chi connectivity index (χ4n) is 5.98. The van der Waals surface area contributed by atoms with Crippen LogP contribution in [0.4, 0.5) is 11.5 Å². The molecule has 6 rings (SSSR count). The van der Waals surface area contributed by atoms with Gasteiger partial charge in [0.05, 0.1) is 18.2 Å². The van der Waals surface area contributed by atoms with Crippen molar-refractivity contribution in [1.82, 2.24) is 19.5 Å². The monoisotopic (exact) mass is 534 g/mol. The number of ketones is 1. The number of hydrogen-bond donors (Lipinski definition) is 2. The van der Waals surface area contributed by atoms with Gasteiger partial charge >= 0.3 is 0 Å². The molecule has 0 fully saturated rings. The number of nitrogens with zero attached hydrogens (tertiary/aromatic N) is 4. The molecule has 2 aliphatic rings. The molecule has 3 heterocycles. The minimum absolute atomic E-state index is 0.0880. The molecule has 40 heavy (non-hydrogen) atoms. The number of aromatic nitrogens is 4. The lowest BCUT2D eigenvalue weighted by Crippen LogP contribution is -2.30. The molecule has 1 aromatic carbocycles. The van der Waals surface area contributed by atoms with Gasteiger partial charge in [-0.2, -0.15) is 0 Å². The molecule has 0 unspecified atom stereocenters. The summed E-state index contributed by atoms with van der Waals surface area (Å²) >= 11 is 0. The molecule has 1 amide bonds. The van der Waals surface area contributed by atoms with Crippen LogP contribution in [0.1, 0.15) is 47.8 Å². The fraction of sp³-hybridized carbons (Fsp3) is 0.258. The average molecular weight is 535 g/mol. The molecule has 9 heteroatoms. The first-order valence-electron chi connectivity index (χ1n) is 13.2. The van der Waals surface area contributed by atoms with Crippen molar-refractivity contribution < 1.29 is 14.3 Å². The Kier molecular flexibility index (Phi) is 6.02. The molecular weight excluding hydrogens is 504 g/mol. The maximum Gasteiger partial charge on any atom is 0.250 e. The summed E-state index contributed by atoms with van der Waals surface area (Å²) < 4.78 is 7.29. The minimum Gasteiger partial charge on any atom is -0.481 e. The summed E-state index contributed by atoms with van der Waals surface area (Å²) in [6, 6.07) is 11.4. The van der Waals surface area contributed by atoms with Gasteiger partial charge in [0.2, 0.25) is 5.88 Å². The molecule has 3 aromatic heterocycles. The van der Waals surface area contributed by atoms with Gasteiger partial charge in [0.25, 0.3) is 5.91 Å². The summed E-state index contributed by atoms with van der Waals surface area (Å²) in [7, 11) is 3.52. The van der Waals surface area contributed by atoms with Crippen LogP contribution in [0, 0.1) is 5.41 Å². The maximum atomic E-state index is 13.6. The fourth-order valence-corrected chi connectivity index (χ4v) is 5.98. The number of pyridine rings is 1. The van der Waals surface area contributed by atoms with E-state index in [0.717, 1.165) is 39.0 Å². The molecule has 0 aliphatic heterocycles. The number of ether oxygens (including phenoxy) is 1. The predicted octanol–water partition coefficient (Wildman–Crippen LogP) is 5.13. The number of fused-ring (bicyclic) bond motifs is 2. The first-order chi connectivity index (χ1) is 19.2. The number of anilines is 2. The van der Waals surface area contributed by atoms with E-state index in [2.05, 4.69) is 32.9 Å². The second-order valence-electron chi connectivity index (χ2n) is 10.6. The lowest BCUT2D eigenvalue weighted by molar-refractivity contribution is -0.112. The Hall–Kier alpha value is -4.79. The lowest BCUT2D eigenvalue weighted by atomic mass is 9.71. The number of nitrogens with one attached hydrogen (secondary N) is 1. The number of carbonyl (C=O) groups excluding carboxylic acids is 2. The van der Waals surface area contributed by atoms with Crippen molar-refractivity contribution in [2.24, 2.45) is 12.5 Å². The number of hydrogen-bond acceptors (Lipinski definition) is 7. The lowest BCUT2D eigenvalue weighted by Gasteiger charge is -2.31. The molecular formula is C31H30N6O3. The second-order valence-corrected chi connectivity index (χ2v) is 10.6. The predicted molar refractivity (Wildman–Crippen MR) is 155 cm³/mol. The zero-order valence-corrected chi connectivity index (χ0v) is 22.7. The first kappa shape index (κ1) is 25.5. The van der Waals surface area contributed by atoms with Crippen molar-refractivity contribution in [3.05, 3.63) is 77.8 Å². The summed E-state index contributed by atoms with van der Waals surface area (Å²) in [5.41, 5.74) is 13.3. The number of allylic oxidation sites excluding steroid dienone is 2. The standard InChI is InChI=1S/C31H30N6O3/c1-17(2)30(39)35-21-8-5-19(6-9-21)26-23(24-28(32)33-16-34-29(24)37(26)3)18-11-13-31(14-12-18)15-20-7-10-22(40-4)36-25(20)27(31)38/h5-11,16H,1,12-15H2,2-4H3,(H,35,39)(H2,32,33,34)/t31-/m1/s1. The van der Waals surface area contributed by atoms with Crippen molar-refractivity contribution >= 4 is 39.8 Å². The van der Waals surface area contributed by atoms with E-state index in [0.29, 0.717) is 54.3 Å². The summed E-state index contributed by atoms with van der Waals surface area (Å²) in [5.74, 6) is 0.732. The second kappa shape index (κ2) is 9.44. The Balaban J connectivity index is 1.40. The molecule has 0 saturated heterocycles. The van der Waals surface area contributed by atoms with Crippen molar-refractivity contribution in [1.29, 1.82) is 0 Å². The van der Waals surface area contributed by atoms with E-state index >= 15 is 0 Å². The third kappa shape index (κ3) is 3.97. The summed E-state index contributed by atoms with van der Waals surface area (Å²) in [4.78, 5) is 39.0. The number of methoxy groups -OCH3 is 1. The van der Waals surface area contributed by atoms with Crippen LogP contribution < -0.4 is 15.8 Å². The number of nitrogen functional groups attached to an aromatic ring is 1. The van der Waals surface area contributed by atoms with E-state index in [4.69, 9.17) is 10.5 Å². The average Bonchev–Trinajstić information content (AvgIpc) is 3.40. The van der Waals surface area contributed by atoms with Crippen molar-refractivity contribution in [2.45, 2.75) is 32.6 Å². The smallest absolute Gasteiger partial charge is 0.250 e. The van der Waals surface area contributed by atoms with Gasteiger partial charge in [-0.05, 0) is 61.4 Å². The van der Waals surface area contributed by atoms with E-state index in [1.165, 1.54) is 6.33 Å². The summed E-state index contributed by atoms with van der Waals surface area (Å²) in [5, 5.41) is 3.65. The van der Waals surface area contributed by atoms with Crippen LogP contribution in [0.25, 0.3) is 27.9 Å². The Labute approximate surface area is 231 Å². The molecule has 1 atom stereocenters. The number of Topliss-reactive ketones (excluding diaryl/α,β-unsaturated/α-hetero) is 1. The topological polar surface area (TPSA) is 125 Å². The van der Waals surface area contributed by atoms with Gasteiger partial charge in [0.15, 0.2) is 5.78 Å². The summed E-state index contributed by atoms with van der Waals surface area (Å²) in [6.07, 6.45) is 6.33. The number of nitrogens with two attached hydrogens (primary N) is 1. The number of benzene rings is 1. The van der Waals surface area contributed by atoms with Crippen LogP contribution in [0.15, 0.2) is 61.0 Å². The van der Waals surface area contributed by atoms with Gasteiger partial charge in [0, 0.05) is 35.4 Å². The molecule has 2 aliphatic carbocycles. The van der Waals surface area contributed by atoms with Crippen LogP contribution in [-0.2, 0) is 18.3 Å². The highest BCUT2D eigenvalue weighted by molar-refractivity contribution is 6.07. The van der Waals surface area contributed by atoms with Crippen molar-refractivity contribution in [3.63, 3.8) is 0 Å². The molecule has 202 valence electrons. The van der Waals surface area contributed by atoms with E-state index in [-0.39, 0.29) is 11.7 Å². The van der Waals surface area contributed by atoms with E-state index in [1.54, 1.807) is 14.0 Å². The SMILES string of the molecule is C=C(C)C(=O)Nc1ccc(-c2c(C3=CC[C@@]4(CC3)Cc3ccc(OC)nc3C4=O)c3c(N)ncnc3n2C)cc1. The molecule has 0 radical (unpaired) electrons. The molecule has 1 spiro atoms. The Morgan fingerprint density at radius 1 is 1.18 bits per heavy atom. The van der Waals surface area contributed by atoms with Crippen molar-refractivity contribution in [2.75, 3.05) is 18.2 Å². The Morgan fingerprint density at radius 2 is 1.95 bits per heavy atom. The zero-order chi connectivity index (χ0) is 28.2. The van der Waals surface area contributed by atoms with Crippen LogP contribution >= 0.6 is 0 Å². The van der Waals surface area contributed by atoms with Gasteiger partial charge in [-0.3, -0.25) is 9.59 Å². The zero-order valence-electron chi connectivity index (χ0n) is 22.7. The van der Waals surface area contributed by atoms with Gasteiger partial charge in [-0.1, -0.05) is 30.9 Å². The first-order valence-corrected chi connectivity index (χ1v) is 13.2. The number of aryl methyl sites for hydroxylation is 1. The summed E-state index contributed by atoms with van der Waals surface area (Å²) in [6.45, 7) is 5.37. The molecule has 9 nitrogen and oxygen atoms in total. The molecule has 4 aromatic rings. The normalized spacial score (nSPS) is 18.1. The van der Waals surface area contributed by atoms with E-state index in [1.807, 2.05) is 48.0 Å². The highest BCUT2D eigenvalue weighted by Gasteiger charge is 2.47. The number of amides is 1. The molecule has 3 N–H and O–H groups in total. The number of rotatable bonds is 5. The van der Waals surface area contributed by atoms with Crippen LogP contribution in [0.5, 0.6) is 5.88 Å². The Bertz CT molecular complexity index is 1750. The highest BCUT2D eigenvalue weighted by Crippen LogP contribution is 2.50. The van der Waals surface area contributed by atoms with Gasteiger partial charge in [0.1, 0.15) is 23.5 Å². The van der Waals surface area contributed by atoms with Crippen LogP contribution in [0.3, 0.4) is 0 Å². The minimum atomic E-state index is -0.499. The molecule has 0 bridgehead atoms.